The zero-order valence-corrected chi connectivity index (χ0v) is 11.3. The topological polar surface area (TPSA) is 65.0 Å². The number of hydrogen-bond donors (Lipinski definition) is 0. The Balaban J connectivity index is 1.83. The number of para-hydroxylation sites is 1. The van der Waals surface area contributed by atoms with Crippen LogP contribution >= 0.6 is 0 Å². The summed E-state index contributed by atoms with van der Waals surface area (Å²) in [5, 5.41) is 9.15. The molecule has 3 heterocycles. The minimum atomic E-state index is 0.365. The first kappa shape index (κ1) is 11.8. The van der Waals surface area contributed by atoms with Gasteiger partial charge in [0.2, 0.25) is 0 Å². The van der Waals surface area contributed by atoms with Gasteiger partial charge in [0.1, 0.15) is 11.3 Å². The summed E-state index contributed by atoms with van der Waals surface area (Å²) in [6.45, 7) is 1.98. The van der Waals surface area contributed by atoms with Crippen LogP contribution in [-0.4, -0.2) is 15.2 Å². The standard InChI is InChI=1S/C16H11N3O2/c1-10-11-6-2-3-8-13(11)20-14(10)16-19-18-15(21-16)12-7-4-5-9-17-12/h2-9H,1H3. The monoisotopic (exact) mass is 277 g/mol. The summed E-state index contributed by atoms with van der Waals surface area (Å²) in [5.74, 6) is 1.35. The molecular weight excluding hydrogens is 266 g/mol. The fraction of sp³-hybridized carbons (Fsp3) is 0.0625. The molecule has 0 aliphatic rings. The van der Waals surface area contributed by atoms with Crippen molar-refractivity contribution in [2.75, 3.05) is 0 Å². The summed E-state index contributed by atoms with van der Waals surface area (Å²) in [7, 11) is 0. The van der Waals surface area contributed by atoms with Crippen molar-refractivity contribution in [1.82, 2.24) is 15.2 Å². The van der Waals surface area contributed by atoms with Gasteiger partial charge in [-0.3, -0.25) is 4.98 Å². The van der Waals surface area contributed by atoms with Crippen molar-refractivity contribution >= 4 is 11.0 Å². The maximum absolute atomic E-state index is 5.82. The Morgan fingerprint density at radius 1 is 0.857 bits per heavy atom. The molecule has 0 bridgehead atoms. The van der Waals surface area contributed by atoms with Crippen LogP contribution in [0.3, 0.4) is 0 Å². The zero-order valence-electron chi connectivity index (χ0n) is 11.3. The molecule has 0 fully saturated rings. The molecule has 0 amide bonds. The van der Waals surface area contributed by atoms with E-state index in [4.69, 9.17) is 8.83 Å². The van der Waals surface area contributed by atoms with E-state index in [1.807, 2.05) is 49.4 Å². The number of rotatable bonds is 2. The molecule has 4 aromatic rings. The minimum Gasteiger partial charge on any atom is -0.451 e. The first-order valence-corrected chi connectivity index (χ1v) is 6.56. The first-order valence-electron chi connectivity index (χ1n) is 6.56. The van der Waals surface area contributed by atoms with Gasteiger partial charge in [-0.2, -0.15) is 0 Å². The molecule has 0 aliphatic heterocycles. The van der Waals surface area contributed by atoms with Gasteiger partial charge >= 0.3 is 0 Å². The molecule has 0 radical (unpaired) electrons. The van der Waals surface area contributed by atoms with Crippen LogP contribution in [0.1, 0.15) is 5.56 Å². The van der Waals surface area contributed by atoms with Gasteiger partial charge in [-0.05, 0) is 25.1 Å². The Hall–Kier alpha value is -2.95. The molecule has 0 saturated heterocycles. The van der Waals surface area contributed by atoms with Gasteiger partial charge < -0.3 is 8.83 Å². The van der Waals surface area contributed by atoms with Gasteiger partial charge in [0.15, 0.2) is 5.76 Å². The Kier molecular flexibility index (Phi) is 2.57. The average Bonchev–Trinajstić information content (AvgIpc) is 3.14. The predicted octanol–water partition coefficient (Wildman–Crippen LogP) is 3.85. The van der Waals surface area contributed by atoms with E-state index in [1.54, 1.807) is 6.20 Å². The second-order valence-corrected chi connectivity index (χ2v) is 4.68. The van der Waals surface area contributed by atoms with Gasteiger partial charge in [0.05, 0.1) is 0 Å². The highest BCUT2D eigenvalue weighted by atomic mass is 16.4. The average molecular weight is 277 g/mol. The molecule has 0 saturated carbocycles. The normalized spacial score (nSPS) is 11.1. The van der Waals surface area contributed by atoms with Crippen LogP contribution in [0.5, 0.6) is 0 Å². The first-order chi connectivity index (χ1) is 10.3. The fourth-order valence-corrected chi connectivity index (χ4v) is 2.29. The molecule has 0 aliphatic carbocycles. The Labute approximate surface area is 120 Å². The quantitative estimate of drug-likeness (QED) is 0.556. The molecule has 1 aromatic carbocycles. The zero-order chi connectivity index (χ0) is 14.2. The lowest BCUT2D eigenvalue weighted by molar-refractivity contribution is 0.539. The van der Waals surface area contributed by atoms with Crippen molar-refractivity contribution in [3.05, 3.63) is 54.2 Å². The van der Waals surface area contributed by atoms with Gasteiger partial charge in [-0.15, -0.1) is 10.2 Å². The van der Waals surface area contributed by atoms with Crippen molar-refractivity contribution in [1.29, 1.82) is 0 Å². The molecule has 5 heteroatoms. The molecule has 21 heavy (non-hydrogen) atoms. The van der Waals surface area contributed by atoms with Crippen molar-refractivity contribution in [2.45, 2.75) is 6.92 Å². The van der Waals surface area contributed by atoms with Crippen LogP contribution in [0.4, 0.5) is 0 Å². The summed E-state index contributed by atoms with van der Waals surface area (Å²) in [6, 6.07) is 13.4. The van der Waals surface area contributed by atoms with E-state index in [1.165, 1.54) is 0 Å². The molecule has 4 rings (SSSR count). The van der Waals surface area contributed by atoms with E-state index in [-0.39, 0.29) is 0 Å². The van der Waals surface area contributed by atoms with Crippen LogP contribution in [-0.2, 0) is 0 Å². The van der Waals surface area contributed by atoms with Crippen molar-refractivity contribution in [2.24, 2.45) is 0 Å². The summed E-state index contributed by atoms with van der Waals surface area (Å²) in [6.07, 6.45) is 1.69. The second kappa shape index (κ2) is 4.56. The number of aromatic nitrogens is 3. The summed E-state index contributed by atoms with van der Waals surface area (Å²) in [4.78, 5) is 4.19. The lowest BCUT2D eigenvalue weighted by Gasteiger charge is -1.92. The maximum atomic E-state index is 5.82. The van der Waals surface area contributed by atoms with Gasteiger partial charge in [0.25, 0.3) is 11.8 Å². The van der Waals surface area contributed by atoms with Crippen molar-refractivity contribution in [3.63, 3.8) is 0 Å². The van der Waals surface area contributed by atoms with E-state index in [0.29, 0.717) is 23.2 Å². The van der Waals surface area contributed by atoms with Crippen LogP contribution in [0.2, 0.25) is 0 Å². The predicted molar refractivity (Wildman–Crippen MR) is 77.5 cm³/mol. The smallest absolute Gasteiger partial charge is 0.284 e. The van der Waals surface area contributed by atoms with E-state index < -0.39 is 0 Å². The van der Waals surface area contributed by atoms with Gasteiger partial charge in [-0.1, -0.05) is 24.3 Å². The Bertz CT molecular complexity index is 910. The number of furan rings is 1. The van der Waals surface area contributed by atoms with Crippen molar-refractivity contribution in [3.8, 4) is 23.2 Å². The molecule has 5 nitrogen and oxygen atoms in total. The number of nitrogens with zero attached hydrogens (tertiary/aromatic N) is 3. The fourth-order valence-electron chi connectivity index (χ4n) is 2.29. The van der Waals surface area contributed by atoms with E-state index in [2.05, 4.69) is 15.2 Å². The second-order valence-electron chi connectivity index (χ2n) is 4.68. The molecule has 0 N–H and O–H groups in total. The number of hydrogen-bond acceptors (Lipinski definition) is 5. The molecule has 0 atom stereocenters. The molecule has 0 unspecified atom stereocenters. The van der Waals surface area contributed by atoms with Crippen LogP contribution in [0.15, 0.2) is 57.5 Å². The number of fused-ring (bicyclic) bond motifs is 1. The maximum Gasteiger partial charge on any atom is 0.284 e. The number of aryl methyl sites for hydroxylation is 1. The molecule has 102 valence electrons. The largest absolute Gasteiger partial charge is 0.451 e. The molecule has 0 spiro atoms. The third-order valence-corrected chi connectivity index (χ3v) is 3.35. The summed E-state index contributed by atoms with van der Waals surface area (Å²) >= 11 is 0. The molecular formula is C16H11N3O2. The number of benzene rings is 1. The Morgan fingerprint density at radius 2 is 1.67 bits per heavy atom. The lowest BCUT2D eigenvalue weighted by Crippen LogP contribution is -1.80. The Morgan fingerprint density at radius 3 is 2.48 bits per heavy atom. The lowest BCUT2D eigenvalue weighted by atomic mass is 10.1. The van der Waals surface area contributed by atoms with Gasteiger partial charge in [0, 0.05) is 17.1 Å². The summed E-state index contributed by atoms with van der Waals surface area (Å²) in [5.41, 5.74) is 2.44. The minimum absolute atomic E-state index is 0.365. The third kappa shape index (κ3) is 1.90. The van der Waals surface area contributed by atoms with E-state index in [9.17, 15) is 0 Å². The third-order valence-electron chi connectivity index (χ3n) is 3.35. The van der Waals surface area contributed by atoms with Crippen LogP contribution in [0.25, 0.3) is 34.2 Å². The van der Waals surface area contributed by atoms with Crippen molar-refractivity contribution < 1.29 is 8.83 Å². The highest BCUT2D eigenvalue weighted by Gasteiger charge is 2.18. The van der Waals surface area contributed by atoms with E-state index >= 15 is 0 Å². The summed E-state index contributed by atoms with van der Waals surface area (Å²) < 4.78 is 11.5. The highest BCUT2D eigenvalue weighted by molar-refractivity contribution is 5.86. The number of pyridine rings is 1. The highest BCUT2D eigenvalue weighted by Crippen LogP contribution is 2.32. The van der Waals surface area contributed by atoms with E-state index in [0.717, 1.165) is 16.5 Å². The van der Waals surface area contributed by atoms with Crippen LogP contribution in [0, 0.1) is 6.92 Å². The SMILES string of the molecule is Cc1c(-c2nnc(-c3ccccn3)o2)oc2ccccc12. The van der Waals surface area contributed by atoms with Crippen LogP contribution < -0.4 is 0 Å². The molecule has 3 aromatic heterocycles. The van der Waals surface area contributed by atoms with Gasteiger partial charge in [-0.25, -0.2) is 0 Å².